The predicted molar refractivity (Wildman–Crippen MR) is 96.0 cm³/mol. The molecule has 0 aliphatic carbocycles. The molecule has 0 saturated heterocycles. The maximum absolute atomic E-state index is 13.7. The Morgan fingerprint density at radius 3 is 2.65 bits per heavy atom. The van der Waals surface area contributed by atoms with Gasteiger partial charge in [-0.3, -0.25) is 9.48 Å². The van der Waals surface area contributed by atoms with E-state index >= 15 is 0 Å². The number of benzene rings is 1. The van der Waals surface area contributed by atoms with Crippen LogP contribution < -0.4 is 5.32 Å². The van der Waals surface area contributed by atoms with Crippen LogP contribution in [0.15, 0.2) is 36.7 Å². The molecule has 0 saturated carbocycles. The minimum absolute atomic E-state index is 0.165. The molecule has 1 aromatic carbocycles. The number of hydrogen-bond donors (Lipinski definition) is 1. The Hall–Kier alpha value is -2.96. The van der Waals surface area contributed by atoms with Crippen molar-refractivity contribution in [3.63, 3.8) is 0 Å². The molecule has 3 rings (SSSR count). The van der Waals surface area contributed by atoms with Gasteiger partial charge in [-0.25, -0.2) is 9.37 Å². The number of carbonyl (C=O) groups excluding carboxylic acids is 1. The summed E-state index contributed by atoms with van der Waals surface area (Å²) in [6.45, 7) is 3.82. The smallest absolute Gasteiger partial charge is 0.225 e. The van der Waals surface area contributed by atoms with Crippen molar-refractivity contribution in [2.45, 2.75) is 26.3 Å². The number of rotatable bonds is 5. The van der Waals surface area contributed by atoms with Gasteiger partial charge in [-0.05, 0) is 31.5 Å². The summed E-state index contributed by atoms with van der Waals surface area (Å²) in [6, 6.07) is 5.67. The maximum atomic E-state index is 13.7. The maximum Gasteiger partial charge on any atom is 0.225 e. The zero-order chi connectivity index (χ0) is 18.8. The van der Waals surface area contributed by atoms with Gasteiger partial charge < -0.3 is 9.88 Å². The molecule has 0 bridgehead atoms. The second-order valence-electron chi connectivity index (χ2n) is 6.40. The number of halogens is 1. The first-order valence-corrected chi connectivity index (χ1v) is 8.38. The average Bonchev–Trinajstić information content (AvgIpc) is 3.11. The fraction of sp³-hybridized carbons (Fsp3) is 0.316. The van der Waals surface area contributed by atoms with Crippen LogP contribution in [0.4, 0.5) is 4.39 Å². The molecule has 1 amide bonds. The molecule has 1 N–H and O–H groups in total. The van der Waals surface area contributed by atoms with E-state index in [1.54, 1.807) is 29.2 Å². The first kappa shape index (κ1) is 17.8. The van der Waals surface area contributed by atoms with Gasteiger partial charge in [-0.2, -0.15) is 5.10 Å². The number of hydrogen-bond acceptors (Lipinski definition) is 3. The van der Waals surface area contributed by atoms with Gasteiger partial charge in [-0.15, -0.1) is 0 Å². The summed E-state index contributed by atoms with van der Waals surface area (Å²) >= 11 is 0. The van der Waals surface area contributed by atoms with E-state index in [1.165, 1.54) is 12.1 Å². The van der Waals surface area contributed by atoms with Gasteiger partial charge in [0.15, 0.2) is 0 Å². The molecule has 1 unspecified atom stereocenters. The van der Waals surface area contributed by atoms with Crippen LogP contribution in [0.3, 0.4) is 0 Å². The summed E-state index contributed by atoms with van der Waals surface area (Å²) in [4.78, 5) is 17.1. The standard InChI is InChI=1S/C19H22FN5O/c1-12-16(13(2)25(4)23-12)11-17(26)22-18(19-21-8-9-24(19)3)14-6-5-7-15(20)10-14/h5-10,18H,11H2,1-4H3,(H,22,26). The molecular formula is C19H22FN5O. The lowest BCUT2D eigenvalue weighted by Crippen LogP contribution is -2.32. The second-order valence-corrected chi connectivity index (χ2v) is 6.40. The van der Waals surface area contributed by atoms with Crippen molar-refractivity contribution in [2.24, 2.45) is 14.1 Å². The van der Waals surface area contributed by atoms with Crippen LogP contribution in [-0.2, 0) is 25.3 Å². The van der Waals surface area contributed by atoms with Crippen LogP contribution >= 0.6 is 0 Å². The Kier molecular flexibility index (Phi) is 4.88. The van der Waals surface area contributed by atoms with Crippen molar-refractivity contribution in [2.75, 3.05) is 0 Å². The topological polar surface area (TPSA) is 64.7 Å². The van der Waals surface area contributed by atoms with E-state index in [-0.39, 0.29) is 18.1 Å². The molecule has 2 aromatic heterocycles. The molecule has 136 valence electrons. The van der Waals surface area contributed by atoms with Crippen molar-refractivity contribution >= 4 is 5.91 Å². The number of aromatic nitrogens is 4. The Morgan fingerprint density at radius 2 is 2.08 bits per heavy atom. The zero-order valence-electron chi connectivity index (χ0n) is 15.3. The van der Waals surface area contributed by atoms with Gasteiger partial charge in [0.2, 0.25) is 5.91 Å². The van der Waals surface area contributed by atoms with Gasteiger partial charge in [0.25, 0.3) is 0 Å². The van der Waals surface area contributed by atoms with E-state index < -0.39 is 6.04 Å². The minimum Gasteiger partial charge on any atom is -0.342 e. The van der Waals surface area contributed by atoms with Crippen molar-refractivity contribution in [1.82, 2.24) is 24.6 Å². The Labute approximate surface area is 151 Å². The summed E-state index contributed by atoms with van der Waals surface area (Å²) in [5.41, 5.74) is 3.34. The van der Waals surface area contributed by atoms with E-state index in [1.807, 2.05) is 32.5 Å². The molecule has 0 aliphatic rings. The quantitative estimate of drug-likeness (QED) is 0.764. The molecule has 26 heavy (non-hydrogen) atoms. The molecule has 0 radical (unpaired) electrons. The molecule has 0 spiro atoms. The first-order chi connectivity index (χ1) is 12.4. The molecule has 1 atom stereocenters. The zero-order valence-corrected chi connectivity index (χ0v) is 15.3. The minimum atomic E-state index is -0.532. The molecule has 0 aliphatic heterocycles. The van der Waals surface area contributed by atoms with E-state index in [9.17, 15) is 9.18 Å². The van der Waals surface area contributed by atoms with E-state index in [0.717, 1.165) is 17.0 Å². The van der Waals surface area contributed by atoms with Crippen LogP contribution in [0.2, 0.25) is 0 Å². The van der Waals surface area contributed by atoms with E-state index in [4.69, 9.17) is 0 Å². The molecule has 3 aromatic rings. The lowest BCUT2D eigenvalue weighted by molar-refractivity contribution is -0.121. The van der Waals surface area contributed by atoms with Crippen LogP contribution in [0.25, 0.3) is 0 Å². The number of aryl methyl sites for hydroxylation is 3. The SMILES string of the molecule is Cc1nn(C)c(C)c1CC(=O)NC(c1cccc(F)c1)c1nccn1C. The molecule has 7 heteroatoms. The van der Waals surface area contributed by atoms with Gasteiger partial charge >= 0.3 is 0 Å². The van der Waals surface area contributed by atoms with Crippen LogP contribution in [-0.4, -0.2) is 25.2 Å². The monoisotopic (exact) mass is 355 g/mol. The van der Waals surface area contributed by atoms with E-state index in [0.29, 0.717) is 11.4 Å². The summed E-state index contributed by atoms with van der Waals surface area (Å²) in [5.74, 6) is 0.125. The molecule has 2 heterocycles. The summed E-state index contributed by atoms with van der Waals surface area (Å²) in [5, 5.41) is 7.34. The van der Waals surface area contributed by atoms with Gasteiger partial charge in [0.1, 0.15) is 17.7 Å². The molecule has 6 nitrogen and oxygen atoms in total. The average molecular weight is 355 g/mol. The van der Waals surface area contributed by atoms with Crippen molar-refractivity contribution in [3.05, 3.63) is 70.8 Å². The number of nitrogens with zero attached hydrogens (tertiary/aromatic N) is 4. The van der Waals surface area contributed by atoms with E-state index in [2.05, 4.69) is 15.4 Å². The fourth-order valence-electron chi connectivity index (χ4n) is 3.08. The fourth-order valence-corrected chi connectivity index (χ4v) is 3.08. The highest BCUT2D eigenvalue weighted by molar-refractivity contribution is 5.80. The number of amides is 1. The third-order valence-corrected chi connectivity index (χ3v) is 4.60. The van der Waals surface area contributed by atoms with Gasteiger partial charge in [0.05, 0.1) is 12.1 Å². The van der Waals surface area contributed by atoms with Crippen LogP contribution in [0.5, 0.6) is 0 Å². The predicted octanol–water partition coefficient (Wildman–Crippen LogP) is 2.36. The number of nitrogens with one attached hydrogen (secondary N) is 1. The highest BCUT2D eigenvalue weighted by Gasteiger charge is 2.22. The van der Waals surface area contributed by atoms with Gasteiger partial charge in [-0.1, -0.05) is 12.1 Å². The highest BCUT2D eigenvalue weighted by atomic mass is 19.1. The lowest BCUT2D eigenvalue weighted by atomic mass is 10.0. The van der Waals surface area contributed by atoms with Crippen molar-refractivity contribution in [1.29, 1.82) is 0 Å². The van der Waals surface area contributed by atoms with Gasteiger partial charge in [0, 0.05) is 37.7 Å². The summed E-state index contributed by atoms with van der Waals surface area (Å²) in [7, 11) is 3.70. The van der Waals surface area contributed by atoms with Crippen LogP contribution in [0.1, 0.15) is 34.4 Å². The summed E-state index contributed by atoms with van der Waals surface area (Å²) in [6.07, 6.45) is 3.66. The van der Waals surface area contributed by atoms with Crippen molar-refractivity contribution in [3.8, 4) is 0 Å². The van der Waals surface area contributed by atoms with Crippen molar-refractivity contribution < 1.29 is 9.18 Å². The molecule has 0 fully saturated rings. The van der Waals surface area contributed by atoms with Crippen LogP contribution in [0, 0.1) is 19.7 Å². The Bertz CT molecular complexity index is 943. The largest absolute Gasteiger partial charge is 0.342 e. The lowest BCUT2D eigenvalue weighted by Gasteiger charge is -2.19. The Morgan fingerprint density at radius 1 is 1.31 bits per heavy atom. The summed E-state index contributed by atoms with van der Waals surface area (Å²) < 4.78 is 17.3. The first-order valence-electron chi connectivity index (χ1n) is 8.38. The third-order valence-electron chi connectivity index (χ3n) is 4.60. The molecular weight excluding hydrogens is 333 g/mol. The number of imidazole rings is 1. The number of carbonyl (C=O) groups is 1. The highest BCUT2D eigenvalue weighted by Crippen LogP contribution is 2.22. The second kappa shape index (κ2) is 7.11. The third kappa shape index (κ3) is 3.51. The Balaban J connectivity index is 1.88. The normalized spacial score (nSPS) is 12.2.